The van der Waals surface area contributed by atoms with Gasteiger partial charge in [0.05, 0.1) is 0 Å². The molecule has 0 aromatic carbocycles. The molecule has 4 heteroatoms. The number of hydrogen-bond donors (Lipinski definition) is 1. The number of hydrogen-bond acceptors (Lipinski definition) is 4. The van der Waals surface area contributed by atoms with E-state index in [9.17, 15) is 5.11 Å². The Kier molecular flexibility index (Phi) is 3.85. The zero-order valence-electron chi connectivity index (χ0n) is 10.8. The molecule has 2 aliphatic rings. The standard InChI is InChI=1S/C12H25N3O/c1-10(2)15-8-11(9-15)12(16)14-6-4-13(3)5-7-14/h10-12,16H,4-9H2,1-3H3. The van der Waals surface area contributed by atoms with E-state index in [1.165, 1.54) is 0 Å². The third kappa shape index (κ3) is 2.56. The molecular weight excluding hydrogens is 202 g/mol. The SMILES string of the molecule is CC(C)N1CC(C(O)N2CCN(C)CC2)C1. The number of likely N-dealkylation sites (tertiary alicyclic amines) is 1. The van der Waals surface area contributed by atoms with Gasteiger partial charge in [-0.1, -0.05) is 0 Å². The van der Waals surface area contributed by atoms with Gasteiger partial charge < -0.3 is 10.0 Å². The molecule has 0 aromatic heterocycles. The van der Waals surface area contributed by atoms with Crippen molar-refractivity contribution in [2.24, 2.45) is 5.92 Å². The molecule has 0 aliphatic carbocycles. The Hall–Kier alpha value is -0.160. The van der Waals surface area contributed by atoms with Crippen LogP contribution in [0.4, 0.5) is 0 Å². The summed E-state index contributed by atoms with van der Waals surface area (Å²) in [6.07, 6.45) is -0.219. The number of rotatable bonds is 3. The third-order valence-electron chi connectivity index (χ3n) is 4.00. The summed E-state index contributed by atoms with van der Waals surface area (Å²) >= 11 is 0. The van der Waals surface area contributed by atoms with Crippen molar-refractivity contribution >= 4 is 0 Å². The topological polar surface area (TPSA) is 30.0 Å². The maximum atomic E-state index is 10.3. The number of aliphatic hydroxyl groups excluding tert-OH is 1. The summed E-state index contributed by atoms with van der Waals surface area (Å²) in [7, 11) is 2.15. The molecule has 2 heterocycles. The number of aliphatic hydroxyl groups is 1. The van der Waals surface area contributed by atoms with Crippen LogP contribution in [0.2, 0.25) is 0 Å². The van der Waals surface area contributed by atoms with E-state index in [1.54, 1.807) is 0 Å². The fraction of sp³-hybridized carbons (Fsp3) is 1.00. The molecule has 0 saturated carbocycles. The molecule has 2 aliphatic heterocycles. The van der Waals surface area contributed by atoms with E-state index >= 15 is 0 Å². The van der Waals surface area contributed by atoms with Crippen LogP contribution in [0.15, 0.2) is 0 Å². The average Bonchev–Trinajstić information content (AvgIpc) is 2.15. The molecule has 0 radical (unpaired) electrons. The highest BCUT2D eigenvalue weighted by Gasteiger charge is 2.37. The fourth-order valence-electron chi connectivity index (χ4n) is 2.54. The van der Waals surface area contributed by atoms with Crippen LogP contribution in [0.25, 0.3) is 0 Å². The molecule has 16 heavy (non-hydrogen) atoms. The van der Waals surface area contributed by atoms with Gasteiger partial charge in [-0.3, -0.25) is 9.80 Å². The number of piperazine rings is 1. The first-order valence-corrected chi connectivity index (χ1v) is 6.42. The van der Waals surface area contributed by atoms with E-state index in [0.717, 1.165) is 39.3 Å². The van der Waals surface area contributed by atoms with Crippen molar-refractivity contribution in [3.05, 3.63) is 0 Å². The van der Waals surface area contributed by atoms with Crippen LogP contribution in [0.3, 0.4) is 0 Å². The van der Waals surface area contributed by atoms with Crippen molar-refractivity contribution in [2.75, 3.05) is 46.3 Å². The van der Waals surface area contributed by atoms with Crippen molar-refractivity contribution in [3.8, 4) is 0 Å². The van der Waals surface area contributed by atoms with Gasteiger partial charge in [0.25, 0.3) is 0 Å². The first kappa shape index (κ1) is 12.3. The van der Waals surface area contributed by atoms with Crippen molar-refractivity contribution in [1.82, 2.24) is 14.7 Å². The van der Waals surface area contributed by atoms with E-state index in [1.807, 2.05) is 0 Å². The second kappa shape index (κ2) is 5.00. The zero-order valence-corrected chi connectivity index (χ0v) is 10.8. The largest absolute Gasteiger partial charge is 0.378 e. The van der Waals surface area contributed by atoms with Crippen LogP contribution >= 0.6 is 0 Å². The third-order valence-corrected chi connectivity index (χ3v) is 4.00. The van der Waals surface area contributed by atoms with Crippen LogP contribution < -0.4 is 0 Å². The summed E-state index contributed by atoms with van der Waals surface area (Å²) in [5, 5.41) is 10.3. The number of nitrogens with zero attached hydrogens (tertiary/aromatic N) is 3. The molecule has 4 nitrogen and oxygen atoms in total. The van der Waals surface area contributed by atoms with Crippen molar-refractivity contribution < 1.29 is 5.11 Å². The molecule has 94 valence electrons. The lowest BCUT2D eigenvalue weighted by Gasteiger charge is -2.48. The molecule has 0 aromatic rings. The molecule has 0 bridgehead atoms. The van der Waals surface area contributed by atoms with E-state index in [4.69, 9.17) is 0 Å². The van der Waals surface area contributed by atoms with Gasteiger partial charge in [0.15, 0.2) is 0 Å². The highest BCUT2D eigenvalue weighted by Crippen LogP contribution is 2.24. The second-order valence-corrected chi connectivity index (χ2v) is 5.56. The molecule has 1 atom stereocenters. The van der Waals surface area contributed by atoms with Crippen LogP contribution in [0, 0.1) is 5.92 Å². The Morgan fingerprint density at radius 2 is 1.56 bits per heavy atom. The molecule has 2 saturated heterocycles. The molecule has 2 rings (SSSR count). The summed E-state index contributed by atoms with van der Waals surface area (Å²) < 4.78 is 0. The minimum atomic E-state index is -0.219. The molecule has 1 unspecified atom stereocenters. The lowest BCUT2D eigenvalue weighted by molar-refractivity contribution is -0.109. The van der Waals surface area contributed by atoms with Gasteiger partial charge in [0.2, 0.25) is 0 Å². The van der Waals surface area contributed by atoms with E-state index in [2.05, 4.69) is 35.6 Å². The van der Waals surface area contributed by atoms with E-state index in [0.29, 0.717) is 12.0 Å². The van der Waals surface area contributed by atoms with Gasteiger partial charge in [-0.05, 0) is 20.9 Å². The summed E-state index contributed by atoms with van der Waals surface area (Å²) in [6.45, 7) is 10.7. The van der Waals surface area contributed by atoms with Crippen LogP contribution in [-0.4, -0.2) is 78.4 Å². The van der Waals surface area contributed by atoms with Gasteiger partial charge >= 0.3 is 0 Å². The highest BCUT2D eigenvalue weighted by atomic mass is 16.3. The Bertz CT molecular complexity index is 220. The highest BCUT2D eigenvalue weighted by molar-refractivity contribution is 4.88. The average molecular weight is 227 g/mol. The van der Waals surface area contributed by atoms with Crippen LogP contribution in [-0.2, 0) is 0 Å². The minimum absolute atomic E-state index is 0.219. The fourth-order valence-corrected chi connectivity index (χ4v) is 2.54. The summed E-state index contributed by atoms with van der Waals surface area (Å²) in [6, 6.07) is 0.621. The van der Waals surface area contributed by atoms with Gasteiger partial charge in [0, 0.05) is 51.2 Å². The van der Waals surface area contributed by atoms with Gasteiger partial charge in [0.1, 0.15) is 6.23 Å². The maximum absolute atomic E-state index is 10.3. The Morgan fingerprint density at radius 3 is 2.06 bits per heavy atom. The second-order valence-electron chi connectivity index (χ2n) is 5.56. The monoisotopic (exact) mass is 227 g/mol. The zero-order chi connectivity index (χ0) is 11.7. The molecule has 0 amide bonds. The normalized spacial score (nSPS) is 28.3. The van der Waals surface area contributed by atoms with E-state index < -0.39 is 0 Å². The molecular formula is C12H25N3O. The first-order chi connectivity index (χ1) is 7.58. The molecule has 0 spiro atoms. The van der Waals surface area contributed by atoms with Crippen molar-refractivity contribution in [3.63, 3.8) is 0 Å². The van der Waals surface area contributed by atoms with Crippen LogP contribution in [0.1, 0.15) is 13.8 Å². The van der Waals surface area contributed by atoms with Gasteiger partial charge in [-0.15, -0.1) is 0 Å². The summed E-state index contributed by atoms with van der Waals surface area (Å²) in [5.74, 6) is 0.464. The predicted octanol–water partition coefficient (Wildman–Crippen LogP) is -0.108. The van der Waals surface area contributed by atoms with Crippen molar-refractivity contribution in [2.45, 2.75) is 26.1 Å². The number of likely N-dealkylation sites (N-methyl/N-ethyl adjacent to an activating group) is 1. The smallest absolute Gasteiger partial charge is 0.112 e. The first-order valence-electron chi connectivity index (χ1n) is 6.42. The molecule has 1 N–H and O–H groups in total. The van der Waals surface area contributed by atoms with Crippen molar-refractivity contribution in [1.29, 1.82) is 0 Å². The maximum Gasteiger partial charge on any atom is 0.112 e. The van der Waals surface area contributed by atoms with E-state index in [-0.39, 0.29) is 6.23 Å². The lowest BCUT2D eigenvalue weighted by Crippen LogP contribution is -2.60. The quantitative estimate of drug-likeness (QED) is 0.729. The van der Waals surface area contributed by atoms with Gasteiger partial charge in [-0.25, -0.2) is 0 Å². The van der Waals surface area contributed by atoms with Crippen LogP contribution in [0.5, 0.6) is 0 Å². The Balaban J connectivity index is 1.75. The summed E-state index contributed by atoms with van der Waals surface area (Å²) in [4.78, 5) is 6.98. The van der Waals surface area contributed by atoms with Gasteiger partial charge in [-0.2, -0.15) is 0 Å². The minimum Gasteiger partial charge on any atom is -0.378 e. The Labute approximate surface area is 98.8 Å². The molecule has 2 fully saturated rings. The lowest BCUT2D eigenvalue weighted by atomic mass is 9.95. The Morgan fingerprint density at radius 1 is 1.00 bits per heavy atom. The predicted molar refractivity (Wildman–Crippen MR) is 65.3 cm³/mol. The summed E-state index contributed by atoms with van der Waals surface area (Å²) in [5.41, 5.74) is 0.